The SMILES string of the molecule is CC(C)CC(N)C(=O)NC(Cc1cnc[nH]1)C(=O)NC(CCC(N)=O)C(=O)NC(Cc1ccc(O)cc1)C(=O)O. The highest BCUT2D eigenvalue weighted by molar-refractivity contribution is 5.94. The summed E-state index contributed by atoms with van der Waals surface area (Å²) in [6.07, 6.45) is 2.66. The van der Waals surface area contributed by atoms with E-state index in [4.69, 9.17) is 11.5 Å². The topological polar surface area (TPSA) is 243 Å². The number of carboxylic acids is 1. The molecular weight excluding hydrogens is 522 g/mol. The van der Waals surface area contributed by atoms with Gasteiger partial charge in [-0.25, -0.2) is 9.78 Å². The first-order chi connectivity index (χ1) is 18.8. The summed E-state index contributed by atoms with van der Waals surface area (Å²) in [7, 11) is 0. The second-order valence-electron chi connectivity index (χ2n) is 9.91. The van der Waals surface area contributed by atoms with Gasteiger partial charge in [0.2, 0.25) is 23.6 Å². The highest BCUT2D eigenvalue weighted by atomic mass is 16.4. The van der Waals surface area contributed by atoms with E-state index in [1.54, 1.807) is 0 Å². The predicted molar refractivity (Wildman–Crippen MR) is 143 cm³/mol. The van der Waals surface area contributed by atoms with E-state index in [0.29, 0.717) is 17.7 Å². The molecule has 0 saturated carbocycles. The van der Waals surface area contributed by atoms with Crippen molar-refractivity contribution in [1.29, 1.82) is 0 Å². The minimum atomic E-state index is -1.38. The largest absolute Gasteiger partial charge is 0.508 e. The standard InChI is InChI=1S/C26H37N7O7/c1-14(2)9-18(27)23(36)32-20(11-16-12-29-13-30-16)25(38)31-19(7-8-22(28)35)24(37)33-21(26(39)40)10-15-3-5-17(34)6-4-15/h3-6,12-14,18-21,34H,7-11,27H2,1-2H3,(H2,28,35)(H,29,30)(H,31,38)(H,32,36)(H,33,37)(H,39,40). The summed E-state index contributed by atoms with van der Waals surface area (Å²) in [5.74, 6) is -4.11. The number of amides is 4. The van der Waals surface area contributed by atoms with Crippen LogP contribution in [0.25, 0.3) is 0 Å². The summed E-state index contributed by atoms with van der Waals surface area (Å²) in [6.45, 7) is 3.80. The Kier molecular flexibility index (Phi) is 12.1. The molecule has 0 radical (unpaired) electrons. The predicted octanol–water partition coefficient (Wildman–Crippen LogP) is -0.922. The number of imidazole rings is 1. The van der Waals surface area contributed by atoms with Crippen molar-refractivity contribution in [2.24, 2.45) is 17.4 Å². The zero-order valence-corrected chi connectivity index (χ0v) is 22.4. The number of aromatic nitrogens is 2. The van der Waals surface area contributed by atoms with Crippen molar-refractivity contribution in [1.82, 2.24) is 25.9 Å². The summed E-state index contributed by atoms with van der Waals surface area (Å²) >= 11 is 0. The molecule has 0 aliphatic rings. The molecule has 0 aliphatic heterocycles. The molecule has 2 rings (SSSR count). The van der Waals surface area contributed by atoms with Crippen LogP contribution in [-0.4, -0.2) is 73.9 Å². The molecule has 1 aromatic heterocycles. The van der Waals surface area contributed by atoms with Crippen LogP contribution >= 0.6 is 0 Å². The van der Waals surface area contributed by atoms with Crippen molar-refractivity contribution in [2.75, 3.05) is 0 Å². The minimum absolute atomic E-state index is 0.00387. The van der Waals surface area contributed by atoms with Gasteiger partial charge in [0.05, 0.1) is 12.4 Å². The fourth-order valence-corrected chi connectivity index (χ4v) is 3.89. The maximum absolute atomic E-state index is 13.3. The van der Waals surface area contributed by atoms with E-state index >= 15 is 0 Å². The van der Waals surface area contributed by atoms with Gasteiger partial charge in [0.25, 0.3) is 0 Å². The monoisotopic (exact) mass is 559 g/mol. The van der Waals surface area contributed by atoms with E-state index in [-0.39, 0.29) is 37.4 Å². The summed E-state index contributed by atoms with van der Waals surface area (Å²) in [4.78, 5) is 69.2. The fraction of sp³-hybridized carbons (Fsp3) is 0.462. The van der Waals surface area contributed by atoms with Crippen molar-refractivity contribution in [3.63, 3.8) is 0 Å². The fourth-order valence-electron chi connectivity index (χ4n) is 3.89. The van der Waals surface area contributed by atoms with E-state index < -0.39 is 53.8 Å². The van der Waals surface area contributed by atoms with Gasteiger partial charge in [0.15, 0.2) is 0 Å². The number of nitrogens with two attached hydrogens (primary N) is 2. The number of nitrogens with one attached hydrogen (secondary N) is 4. The summed E-state index contributed by atoms with van der Waals surface area (Å²) in [5, 5.41) is 26.6. The van der Waals surface area contributed by atoms with Crippen LogP contribution in [0.15, 0.2) is 36.8 Å². The molecule has 4 atom stereocenters. The van der Waals surface area contributed by atoms with E-state index in [1.807, 2.05) is 13.8 Å². The van der Waals surface area contributed by atoms with Crippen LogP contribution in [0.1, 0.15) is 44.4 Å². The van der Waals surface area contributed by atoms with Gasteiger partial charge in [0, 0.05) is 31.2 Å². The Balaban J connectivity index is 2.21. The molecule has 0 saturated heterocycles. The Bertz CT molecular complexity index is 1150. The zero-order chi connectivity index (χ0) is 29.8. The maximum Gasteiger partial charge on any atom is 0.326 e. The lowest BCUT2D eigenvalue weighted by Crippen LogP contribution is -2.58. The molecule has 4 amide bonds. The number of aromatic amines is 1. The first kappa shape index (κ1) is 31.8. The number of phenolic OH excluding ortho intramolecular Hbond substituents is 1. The Labute approximate surface area is 231 Å². The maximum atomic E-state index is 13.3. The van der Waals surface area contributed by atoms with Crippen LogP contribution in [0.3, 0.4) is 0 Å². The second kappa shape index (κ2) is 15.2. The number of nitrogens with zero attached hydrogens (tertiary/aromatic N) is 1. The normalized spacial score (nSPS) is 14.0. The third kappa shape index (κ3) is 10.7. The number of carbonyl (C=O) groups excluding carboxylic acids is 4. The number of aromatic hydroxyl groups is 1. The van der Waals surface area contributed by atoms with Gasteiger partial charge in [-0.1, -0.05) is 26.0 Å². The van der Waals surface area contributed by atoms with Crippen LogP contribution in [0.5, 0.6) is 5.75 Å². The lowest BCUT2D eigenvalue weighted by Gasteiger charge is -2.25. The number of rotatable bonds is 16. The molecule has 0 spiro atoms. The number of H-pyrrole nitrogens is 1. The van der Waals surface area contributed by atoms with E-state index in [9.17, 15) is 34.2 Å². The molecule has 0 fully saturated rings. The lowest BCUT2D eigenvalue weighted by atomic mass is 10.0. The summed E-state index contributed by atoms with van der Waals surface area (Å²) < 4.78 is 0. The smallest absolute Gasteiger partial charge is 0.326 e. The molecule has 10 N–H and O–H groups in total. The molecule has 1 aromatic carbocycles. The van der Waals surface area contributed by atoms with Crippen LogP contribution in [-0.2, 0) is 36.8 Å². The first-order valence-electron chi connectivity index (χ1n) is 12.8. The molecule has 40 heavy (non-hydrogen) atoms. The van der Waals surface area contributed by atoms with Gasteiger partial charge in [-0.2, -0.15) is 0 Å². The highest BCUT2D eigenvalue weighted by Gasteiger charge is 2.31. The van der Waals surface area contributed by atoms with E-state index in [2.05, 4.69) is 25.9 Å². The van der Waals surface area contributed by atoms with Crippen LogP contribution in [0.4, 0.5) is 0 Å². The molecule has 14 heteroatoms. The number of primary amides is 1. The number of hydrogen-bond donors (Lipinski definition) is 8. The number of benzene rings is 1. The lowest BCUT2D eigenvalue weighted by molar-refractivity contribution is -0.142. The first-order valence-corrected chi connectivity index (χ1v) is 12.8. The number of carbonyl (C=O) groups is 5. The van der Waals surface area contributed by atoms with Gasteiger partial charge in [-0.3, -0.25) is 19.2 Å². The zero-order valence-electron chi connectivity index (χ0n) is 22.4. The molecule has 4 unspecified atom stereocenters. The van der Waals surface area contributed by atoms with Gasteiger partial charge in [-0.05, 0) is 36.5 Å². The minimum Gasteiger partial charge on any atom is -0.508 e. The Hall–Kier alpha value is -4.46. The Morgan fingerprint density at radius 2 is 1.52 bits per heavy atom. The van der Waals surface area contributed by atoms with Crippen molar-refractivity contribution < 1.29 is 34.2 Å². The number of phenols is 1. The molecule has 218 valence electrons. The second-order valence-corrected chi connectivity index (χ2v) is 9.91. The molecule has 2 aromatic rings. The molecule has 0 aliphatic carbocycles. The number of carboxylic acid groups (broad SMARTS) is 1. The van der Waals surface area contributed by atoms with Crippen LogP contribution in [0, 0.1) is 5.92 Å². The molecule has 14 nitrogen and oxygen atoms in total. The van der Waals surface area contributed by atoms with Crippen LogP contribution in [0.2, 0.25) is 0 Å². The quantitative estimate of drug-likeness (QED) is 0.127. The van der Waals surface area contributed by atoms with Crippen molar-refractivity contribution >= 4 is 29.6 Å². The third-order valence-electron chi connectivity index (χ3n) is 5.98. The van der Waals surface area contributed by atoms with E-state index in [1.165, 1.54) is 36.8 Å². The van der Waals surface area contributed by atoms with Crippen molar-refractivity contribution in [3.8, 4) is 5.75 Å². The average Bonchev–Trinajstić information content (AvgIpc) is 3.39. The Morgan fingerprint density at radius 1 is 0.925 bits per heavy atom. The van der Waals surface area contributed by atoms with Gasteiger partial charge >= 0.3 is 5.97 Å². The molecule has 0 bridgehead atoms. The molecule has 1 heterocycles. The van der Waals surface area contributed by atoms with Crippen LogP contribution < -0.4 is 27.4 Å². The summed E-state index contributed by atoms with van der Waals surface area (Å²) in [5.41, 5.74) is 12.3. The van der Waals surface area contributed by atoms with Gasteiger partial charge in [0.1, 0.15) is 23.9 Å². The number of aliphatic carboxylic acids is 1. The van der Waals surface area contributed by atoms with Crippen molar-refractivity contribution in [3.05, 3.63) is 48.0 Å². The molecular formula is C26H37N7O7. The average molecular weight is 560 g/mol. The third-order valence-corrected chi connectivity index (χ3v) is 5.98. The highest BCUT2D eigenvalue weighted by Crippen LogP contribution is 2.12. The summed E-state index contributed by atoms with van der Waals surface area (Å²) in [6, 6.07) is 1.03. The van der Waals surface area contributed by atoms with E-state index in [0.717, 1.165) is 0 Å². The Morgan fingerprint density at radius 3 is 2.08 bits per heavy atom. The van der Waals surface area contributed by atoms with Gasteiger partial charge < -0.3 is 42.6 Å². The number of hydrogen-bond acceptors (Lipinski definition) is 8. The van der Waals surface area contributed by atoms with Gasteiger partial charge in [-0.15, -0.1) is 0 Å². The van der Waals surface area contributed by atoms with Crippen molar-refractivity contribution in [2.45, 2.75) is 70.1 Å².